The average molecular weight is 196 g/mol. The molecule has 1 aliphatic carbocycles. The maximum Gasteiger partial charge on any atom is 0.123 e. The van der Waals surface area contributed by atoms with Crippen LogP contribution in [0.1, 0.15) is 47.5 Å². The van der Waals surface area contributed by atoms with E-state index in [4.69, 9.17) is 0 Å². The van der Waals surface area contributed by atoms with Gasteiger partial charge in [0, 0.05) is 5.92 Å². The van der Waals surface area contributed by atoms with Crippen LogP contribution in [-0.2, 0) is 4.79 Å². The highest BCUT2D eigenvalue weighted by atomic mass is 16.1. The van der Waals surface area contributed by atoms with Gasteiger partial charge in [0.05, 0.1) is 0 Å². The number of carbonyl (C=O) groups excluding carboxylic acids is 1. The quantitative estimate of drug-likeness (QED) is 0.617. The van der Waals surface area contributed by atoms with Crippen molar-refractivity contribution in [1.82, 2.24) is 0 Å². The smallest absolute Gasteiger partial charge is 0.123 e. The molecule has 1 rings (SSSR count). The third kappa shape index (κ3) is 2.37. The molecule has 0 aromatic heterocycles. The second-order valence-electron chi connectivity index (χ2n) is 6.20. The summed E-state index contributed by atoms with van der Waals surface area (Å²) in [7, 11) is 0. The van der Waals surface area contributed by atoms with Gasteiger partial charge >= 0.3 is 0 Å². The van der Waals surface area contributed by atoms with Crippen LogP contribution >= 0.6 is 0 Å². The molecule has 1 fully saturated rings. The lowest BCUT2D eigenvalue weighted by atomic mass is 9.71. The first-order valence-corrected chi connectivity index (χ1v) is 5.81. The molecule has 0 radical (unpaired) electrons. The molecule has 1 saturated carbocycles. The Bertz CT molecular complexity index is 202. The Morgan fingerprint density at radius 2 is 1.86 bits per heavy atom. The maximum absolute atomic E-state index is 11.0. The predicted molar refractivity (Wildman–Crippen MR) is 60.1 cm³/mol. The maximum atomic E-state index is 11.0. The molecule has 0 aromatic rings. The molecule has 0 aliphatic heterocycles. The van der Waals surface area contributed by atoms with Crippen LogP contribution in [0.2, 0.25) is 0 Å². The first-order chi connectivity index (χ1) is 6.36. The molecule has 1 nitrogen and oxygen atoms in total. The van der Waals surface area contributed by atoms with E-state index in [-0.39, 0.29) is 0 Å². The van der Waals surface area contributed by atoms with E-state index in [2.05, 4.69) is 34.6 Å². The SMILES string of the molecule is CC1CC(C=O)C(C(C)C(C)(C)C)C1. The summed E-state index contributed by atoms with van der Waals surface area (Å²) >= 11 is 0. The van der Waals surface area contributed by atoms with Crippen LogP contribution in [0.4, 0.5) is 0 Å². The molecule has 0 aromatic carbocycles. The standard InChI is InChI=1S/C13H24O/c1-9-6-11(8-14)12(7-9)10(2)13(3,4)5/h8-12H,6-7H2,1-5H3. The summed E-state index contributed by atoms with van der Waals surface area (Å²) in [5.74, 6) is 2.31. The highest BCUT2D eigenvalue weighted by molar-refractivity contribution is 5.54. The van der Waals surface area contributed by atoms with Gasteiger partial charge in [0.2, 0.25) is 0 Å². The second kappa shape index (κ2) is 4.04. The van der Waals surface area contributed by atoms with E-state index in [1.54, 1.807) is 0 Å². The Balaban J connectivity index is 2.72. The van der Waals surface area contributed by atoms with Crippen molar-refractivity contribution in [2.45, 2.75) is 47.5 Å². The highest BCUT2D eigenvalue weighted by Gasteiger charge is 2.39. The molecule has 0 spiro atoms. The van der Waals surface area contributed by atoms with E-state index in [1.165, 1.54) is 12.7 Å². The van der Waals surface area contributed by atoms with Crippen LogP contribution in [0.15, 0.2) is 0 Å². The zero-order chi connectivity index (χ0) is 10.9. The summed E-state index contributed by atoms with van der Waals surface area (Å²) in [6.45, 7) is 11.4. The predicted octanol–water partition coefficient (Wildman–Crippen LogP) is 3.53. The molecule has 1 aliphatic rings. The Morgan fingerprint density at radius 1 is 1.29 bits per heavy atom. The number of hydrogen-bond acceptors (Lipinski definition) is 1. The van der Waals surface area contributed by atoms with Gasteiger partial charge in [-0.05, 0) is 36.0 Å². The van der Waals surface area contributed by atoms with Gasteiger partial charge < -0.3 is 4.79 Å². The number of rotatable bonds is 2. The van der Waals surface area contributed by atoms with Crippen LogP contribution < -0.4 is 0 Å². The average Bonchev–Trinajstić information content (AvgIpc) is 2.43. The van der Waals surface area contributed by atoms with Crippen molar-refractivity contribution < 1.29 is 4.79 Å². The summed E-state index contributed by atoms with van der Waals surface area (Å²) in [4.78, 5) is 11.0. The van der Waals surface area contributed by atoms with Gasteiger partial charge in [0.1, 0.15) is 6.29 Å². The van der Waals surface area contributed by atoms with Crippen molar-refractivity contribution in [2.24, 2.45) is 29.1 Å². The van der Waals surface area contributed by atoms with Gasteiger partial charge in [-0.3, -0.25) is 0 Å². The molecule has 0 amide bonds. The summed E-state index contributed by atoms with van der Waals surface area (Å²) < 4.78 is 0. The molecule has 0 heterocycles. The van der Waals surface area contributed by atoms with Crippen molar-refractivity contribution in [3.05, 3.63) is 0 Å². The van der Waals surface area contributed by atoms with Crippen LogP contribution in [0.3, 0.4) is 0 Å². The third-order valence-corrected chi connectivity index (χ3v) is 4.08. The summed E-state index contributed by atoms with van der Waals surface area (Å²) in [6.07, 6.45) is 3.53. The summed E-state index contributed by atoms with van der Waals surface area (Å²) in [5.41, 5.74) is 0.329. The fourth-order valence-corrected chi connectivity index (χ4v) is 2.75. The van der Waals surface area contributed by atoms with Gasteiger partial charge in [-0.2, -0.15) is 0 Å². The fraction of sp³-hybridized carbons (Fsp3) is 0.923. The number of aldehydes is 1. The van der Waals surface area contributed by atoms with Gasteiger partial charge in [-0.1, -0.05) is 34.6 Å². The Morgan fingerprint density at radius 3 is 2.29 bits per heavy atom. The van der Waals surface area contributed by atoms with Crippen LogP contribution in [0.25, 0.3) is 0 Å². The monoisotopic (exact) mass is 196 g/mol. The molecular formula is C13H24O. The van der Waals surface area contributed by atoms with Gasteiger partial charge in [-0.15, -0.1) is 0 Å². The highest BCUT2D eigenvalue weighted by Crippen LogP contribution is 2.45. The van der Waals surface area contributed by atoms with E-state index < -0.39 is 0 Å². The minimum Gasteiger partial charge on any atom is -0.303 e. The first kappa shape index (κ1) is 11.7. The van der Waals surface area contributed by atoms with Crippen LogP contribution in [-0.4, -0.2) is 6.29 Å². The van der Waals surface area contributed by atoms with Crippen molar-refractivity contribution in [3.8, 4) is 0 Å². The van der Waals surface area contributed by atoms with Gasteiger partial charge in [0.15, 0.2) is 0 Å². The van der Waals surface area contributed by atoms with Crippen LogP contribution in [0.5, 0.6) is 0 Å². The molecule has 0 bridgehead atoms. The van der Waals surface area contributed by atoms with Gasteiger partial charge in [-0.25, -0.2) is 0 Å². The Kier molecular flexibility index (Phi) is 3.39. The molecule has 4 atom stereocenters. The molecule has 0 N–H and O–H groups in total. The molecule has 1 heteroatoms. The fourth-order valence-electron chi connectivity index (χ4n) is 2.75. The van der Waals surface area contributed by atoms with Crippen molar-refractivity contribution in [3.63, 3.8) is 0 Å². The lowest BCUT2D eigenvalue weighted by molar-refractivity contribution is -0.112. The van der Waals surface area contributed by atoms with E-state index in [0.717, 1.165) is 12.3 Å². The topological polar surface area (TPSA) is 17.1 Å². The van der Waals surface area contributed by atoms with Gasteiger partial charge in [0.25, 0.3) is 0 Å². The number of hydrogen-bond donors (Lipinski definition) is 0. The first-order valence-electron chi connectivity index (χ1n) is 5.81. The number of carbonyl (C=O) groups is 1. The third-order valence-electron chi connectivity index (χ3n) is 4.08. The zero-order valence-electron chi connectivity index (χ0n) is 10.2. The summed E-state index contributed by atoms with van der Waals surface area (Å²) in [6, 6.07) is 0. The second-order valence-corrected chi connectivity index (χ2v) is 6.20. The molecule has 14 heavy (non-hydrogen) atoms. The zero-order valence-corrected chi connectivity index (χ0v) is 10.2. The van der Waals surface area contributed by atoms with E-state index in [1.807, 2.05) is 0 Å². The molecule has 0 saturated heterocycles. The summed E-state index contributed by atoms with van der Waals surface area (Å²) in [5, 5.41) is 0. The molecule has 4 unspecified atom stereocenters. The van der Waals surface area contributed by atoms with Crippen molar-refractivity contribution in [1.29, 1.82) is 0 Å². The minimum absolute atomic E-state index is 0.319. The largest absolute Gasteiger partial charge is 0.303 e. The Hall–Kier alpha value is -0.330. The molecular weight excluding hydrogens is 172 g/mol. The minimum atomic E-state index is 0.319. The van der Waals surface area contributed by atoms with E-state index >= 15 is 0 Å². The normalized spacial score (nSPS) is 35.6. The van der Waals surface area contributed by atoms with E-state index in [0.29, 0.717) is 23.2 Å². The van der Waals surface area contributed by atoms with Crippen molar-refractivity contribution >= 4 is 6.29 Å². The Labute approximate surface area is 88.3 Å². The van der Waals surface area contributed by atoms with E-state index in [9.17, 15) is 4.79 Å². The van der Waals surface area contributed by atoms with Crippen molar-refractivity contribution in [2.75, 3.05) is 0 Å². The van der Waals surface area contributed by atoms with Crippen LogP contribution in [0, 0.1) is 29.1 Å². The lowest BCUT2D eigenvalue weighted by Crippen LogP contribution is -2.28. The lowest BCUT2D eigenvalue weighted by Gasteiger charge is -2.34. The molecule has 82 valence electrons.